The molecule has 0 saturated carbocycles. The van der Waals surface area contributed by atoms with Crippen molar-refractivity contribution in [3.05, 3.63) is 36.0 Å². The highest BCUT2D eigenvalue weighted by atomic mass is 16.5. The molecule has 0 aromatic carbocycles. The molecular formula is C21H27N5O2. The van der Waals surface area contributed by atoms with Crippen LogP contribution in [0.25, 0.3) is 22.6 Å². The maximum Gasteiger partial charge on any atom is 0.223 e. The summed E-state index contributed by atoms with van der Waals surface area (Å²) in [5.41, 5.74) is 3.34. The van der Waals surface area contributed by atoms with Crippen LogP contribution in [0.4, 0.5) is 5.95 Å². The Morgan fingerprint density at radius 2 is 2.04 bits per heavy atom. The highest BCUT2D eigenvalue weighted by molar-refractivity contribution is 5.79. The Morgan fingerprint density at radius 1 is 1.21 bits per heavy atom. The van der Waals surface area contributed by atoms with Crippen LogP contribution in [-0.4, -0.2) is 46.2 Å². The van der Waals surface area contributed by atoms with Crippen LogP contribution in [0.3, 0.4) is 0 Å². The molecule has 1 saturated heterocycles. The second kappa shape index (κ2) is 8.14. The predicted octanol–water partition coefficient (Wildman–Crippen LogP) is 4.15. The quantitative estimate of drug-likeness (QED) is 0.687. The zero-order chi connectivity index (χ0) is 19.5. The fraction of sp³-hybridized carbons (Fsp3) is 0.476. The van der Waals surface area contributed by atoms with Crippen LogP contribution in [0.5, 0.6) is 0 Å². The summed E-state index contributed by atoms with van der Waals surface area (Å²) in [7, 11) is 0. The molecule has 148 valence electrons. The highest BCUT2D eigenvalue weighted by Gasteiger charge is 2.19. The lowest BCUT2D eigenvalue weighted by atomic mass is 9.99. The topological polar surface area (TPSA) is 80.2 Å². The molecule has 1 fully saturated rings. The van der Waals surface area contributed by atoms with Crippen LogP contribution in [0.15, 0.2) is 33.5 Å². The summed E-state index contributed by atoms with van der Waals surface area (Å²) in [5, 5.41) is 7.36. The van der Waals surface area contributed by atoms with Gasteiger partial charge in [-0.2, -0.15) is 0 Å². The van der Waals surface area contributed by atoms with Gasteiger partial charge in [-0.1, -0.05) is 12.1 Å². The van der Waals surface area contributed by atoms with E-state index in [-0.39, 0.29) is 0 Å². The molecule has 0 bridgehead atoms. The molecule has 0 aliphatic carbocycles. The third-order valence-electron chi connectivity index (χ3n) is 5.38. The van der Waals surface area contributed by atoms with Crippen molar-refractivity contribution in [2.24, 2.45) is 5.92 Å². The average Bonchev–Trinajstić information content (AvgIpc) is 3.31. The van der Waals surface area contributed by atoms with Gasteiger partial charge in [0, 0.05) is 30.9 Å². The first-order valence-corrected chi connectivity index (χ1v) is 9.91. The number of piperidine rings is 1. The van der Waals surface area contributed by atoms with Gasteiger partial charge in [-0.05, 0) is 51.8 Å². The van der Waals surface area contributed by atoms with Gasteiger partial charge >= 0.3 is 0 Å². The zero-order valence-corrected chi connectivity index (χ0v) is 16.7. The Labute approximate surface area is 165 Å². The molecule has 7 heteroatoms. The lowest BCUT2D eigenvalue weighted by Gasteiger charge is -2.30. The number of likely N-dealkylation sites (tertiary alicyclic amines) is 1. The van der Waals surface area contributed by atoms with E-state index in [9.17, 15) is 0 Å². The average molecular weight is 381 g/mol. The van der Waals surface area contributed by atoms with Gasteiger partial charge in [0.1, 0.15) is 5.76 Å². The summed E-state index contributed by atoms with van der Waals surface area (Å²) >= 11 is 0. The first kappa shape index (κ1) is 18.7. The minimum Gasteiger partial charge on any atom is -0.469 e. The fourth-order valence-corrected chi connectivity index (χ4v) is 3.59. The summed E-state index contributed by atoms with van der Waals surface area (Å²) in [5.74, 6) is 2.92. The van der Waals surface area contributed by atoms with E-state index >= 15 is 0 Å². The Hall–Kier alpha value is -2.67. The van der Waals surface area contributed by atoms with E-state index in [2.05, 4.69) is 27.3 Å². The van der Waals surface area contributed by atoms with Crippen molar-refractivity contribution in [2.45, 2.75) is 33.6 Å². The molecular weight excluding hydrogens is 354 g/mol. The summed E-state index contributed by atoms with van der Waals surface area (Å²) in [6.45, 7) is 10.3. The smallest absolute Gasteiger partial charge is 0.223 e. The number of rotatable bonds is 6. The molecule has 3 aromatic rings. The van der Waals surface area contributed by atoms with Gasteiger partial charge in [-0.3, -0.25) is 0 Å². The second-order valence-electron chi connectivity index (χ2n) is 7.63. The number of hydrogen-bond donors (Lipinski definition) is 1. The largest absolute Gasteiger partial charge is 0.469 e. The Bertz CT molecular complexity index is 925. The van der Waals surface area contributed by atoms with Crippen LogP contribution in [0.1, 0.15) is 31.2 Å². The Balaban J connectivity index is 1.52. The van der Waals surface area contributed by atoms with Crippen molar-refractivity contribution >= 4 is 5.95 Å². The summed E-state index contributed by atoms with van der Waals surface area (Å²) in [6, 6.07) is 3.81. The molecule has 1 aliphatic rings. The van der Waals surface area contributed by atoms with E-state index < -0.39 is 0 Å². The van der Waals surface area contributed by atoms with Gasteiger partial charge in [0.05, 0.1) is 23.2 Å². The van der Waals surface area contributed by atoms with Gasteiger partial charge in [-0.15, -0.1) is 0 Å². The molecule has 3 aromatic heterocycles. The minimum absolute atomic E-state index is 0.612. The van der Waals surface area contributed by atoms with E-state index in [1.807, 2.05) is 26.0 Å². The highest BCUT2D eigenvalue weighted by Crippen LogP contribution is 2.33. The monoisotopic (exact) mass is 381 g/mol. The molecule has 7 nitrogen and oxygen atoms in total. The fourth-order valence-electron chi connectivity index (χ4n) is 3.59. The number of hydrogen-bond acceptors (Lipinski definition) is 7. The van der Waals surface area contributed by atoms with Gasteiger partial charge in [0.2, 0.25) is 5.95 Å². The maximum atomic E-state index is 5.49. The molecule has 0 unspecified atom stereocenters. The van der Waals surface area contributed by atoms with E-state index in [4.69, 9.17) is 13.9 Å². The predicted molar refractivity (Wildman–Crippen MR) is 108 cm³/mol. The molecule has 4 rings (SSSR count). The lowest BCUT2D eigenvalue weighted by molar-refractivity contribution is 0.199. The van der Waals surface area contributed by atoms with Crippen LogP contribution >= 0.6 is 0 Å². The van der Waals surface area contributed by atoms with Crippen LogP contribution in [0.2, 0.25) is 0 Å². The number of anilines is 1. The van der Waals surface area contributed by atoms with E-state index in [1.54, 1.807) is 12.5 Å². The zero-order valence-electron chi connectivity index (χ0n) is 16.7. The number of aromatic nitrogens is 3. The number of nitrogens with one attached hydrogen (secondary N) is 1. The van der Waals surface area contributed by atoms with Crippen molar-refractivity contribution < 1.29 is 8.94 Å². The van der Waals surface area contributed by atoms with Gasteiger partial charge in [0.15, 0.2) is 5.76 Å². The SMILES string of the molecule is Cc1cc(-c2cnc(NCCN3CCC(C)CC3)nc2-c2ccoc2C)on1. The molecule has 1 aliphatic heterocycles. The van der Waals surface area contributed by atoms with Gasteiger partial charge in [0.25, 0.3) is 0 Å². The maximum absolute atomic E-state index is 5.49. The number of furan rings is 1. The van der Waals surface area contributed by atoms with Crippen molar-refractivity contribution in [3.63, 3.8) is 0 Å². The van der Waals surface area contributed by atoms with Gasteiger partial charge < -0.3 is 19.2 Å². The molecule has 0 atom stereocenters. The van der Waals surface area contributed by atoms with E-state index in [0.717, 1.165) is 47.3 Å². The number of aryl methyl sites for hydroxylation is 2. The van der Waals surface area contributed by atoms with Crippen molar-refractivity contribution in [1.82, 2.24) is 20.0 Å². The Morgan fingerprint density at radius 3 is 2.71 bits per heavy atom. The van der Waals surface area contributed by atoms with Crippen molar-refractivity contribution in [1.29, 1.82) is 0 Å². The molecule has 1 N–H and O–H groups in total. The summed E-state index contributed by atoms with van der Waals surface area (Å²) in [6.07, 6.45) is 6.03. The number of nitrogens with zero attached hydrogens (tertiary/aromatic N) is 4. The van der Waals surface area contributed by atoms with E-state index in [0.29, 0.717) is 11.7 Å². The van der Waals surface area contributed by atoms with Crippen LogP contribution < -0.4 is 5.32 Å². The molecule has 4 heterocycles. The van der Waals surface area contributed by atoms with Gasteiger partial charge in [-0.25, -0.2) is 9.97 Å². The Kier molecular flexibility index (Phi) is 5.43. The lowest BCUT2D eigenvalue weighted by Crippen LogP contribution is -2.36. The van der Waals surface area contributed by atoms with E-state index in [1.165, 1.54) is 25.9 Å². The first-order valence-electron chi connectivity index (χ1n) is 9.91. The van der Waals surface area contributed by atoms with Crippen LogP contribution in [-0.2, 0) is 0 Å². The third-order valence-corrected chi connectivity index (χ3v) is 5.38. The second-order valence-corrected chi connectivity index (χ2v) is 7.63. The van der Waals surface area contributed by atoms with Crippen molar-refractivity contribution in [2.75, 3.05) is 31.5 Å². The molecule has 0 radical (unpaired) electrons. The summed E-state index contributed by atoms with van der Waals surface area (Å²) < 4.78 is 10.9. The first-order chi connectivity index (χ1) is 13.6. The summed E-state index contributed by atoms with van der Waals surface area (Å²) in [4.78, 5) is 11.8. The minimum atomic E-state index is 0.612. The van der Waals surface area contributed by atoms with Crippen molar-refractivity contribution in [3.8, 4) is 22.6 Å². The molecule has 28 heavy (non-hydrogen) atoms. The third kappa shape index (κ3) is 4.09. The van der Waals surface area contributed by atoms with Crippen LogP contribution in [0, 0.1) is 19.8 Å². The molecule has 0 amide bonds. The standard InChI is InChI=1S/C21H27N5O2/c1-14-4-8-26(9-5-14)10-7-22-21-23-13-18(19-12-15(2)25-28-19)20(24-21)17-6-11-27-16(17)3/h6,11-14H,4-5,7-10H2,1-3H3,(H,22,23,24). The molecule has 0 spiro atoms. The normalized spacial score (nSPS) is 15.8.